The van der Waals surface area contributed by atoms with Crippen molar-refractivity contribution < 1.29 is 9.84 Å². The van der Waals surface area contributed by atoms with Crippen molar-refractivity contribution in [3.8, 4) is 5.75 Å². The van der Waals surface area contributed by atoms with Gasteiger partial charge in [-0.25, -0.2) is 0 Å². The first-order valence-corrected chi connectivity index (χ1v) is 10.7. The van der Waals surface area contributed by atoms with Crippen molar-refractivity contribution >= 4 is 29.7 Å². The van der Waals surface area contributed by atoms with Gasteiger partial charge in [0, 0.05) is 43.4 Å². The van der Waals surface area contributed by atoms with Crippen LogP contribution in [0.3, 0.4) is 0 Å². The summed E-state index contributed by atoms with van der Waals surface area (Å²) in [6, 6.07) is 14.2. The van der Waals surface area contributed by atoms with Crippen molar-refractivity contribution in [1.29, 1.82) is 0 Å². The number of aliphatic hydroxyl groups is 1. The molecule has 0 bridgehead atoms. The molecule has 0 spiro atoms. The van der Waals surface area contributed by atoms with Crippen molar-refractivity contribution in [1.82, 2.24) is 4.90 Å². The van der Waals surface area contributed by atoms with Gasteiger partial charge in [-0.05, 0) is 47.7 Å². The van der Waals surface area contributed by atoms with Crippen molar-refractivity contribution in [2.24, 2.45) is 0 Å². The van der Waals surface area contributed by atoms with E-state index >= 15 is 0 Å². The van der Waals surface area contributed by atoms with E-state index in [4.69, 9.17) is 16.3 Å². The van der Waals surface area contributed by atoms with Gasteiger partial charge in [-0.2, -0.15) is 0 Å². The number of β-amino-alcohol motifs (C(OH)–C–C–N with tert-alkyl or cyclic N) is 1. The van der Waals surface area contributed by atoms with E-state index in [9.17, 15) is 5.11 Å². The van der Waals surface area contributed by atoms with Gasteiger partial charge in [0.2, 0.25) is 0 Å². The van der Waals surface area contributed by atoms with Gasteiger partial charge in [0.15, 0.2) is 0 Å². The first-order valence-electron chi connectivity index (χ1n) is 10.4. The molecule has 0 radical (unpaired) electrons. The third kappa shape index (κ3) is 6.78. The molecule has 1 fully saturated rings. The maximum atomic E-state index is 10.4. The van der Waals surface area contributed by atoms with Gasteiger partial charge < -0.3 is 14.7 Å². The summed E-state index contributed by atoms with van der Waals surface area (Å²) in [7, 11) is 0. The minimum Gasteiger partial charge on any atom is -0.491 e. The predicted octanol–water partition coefficient (Wildman–Crippen LogP) is 4.93. The highest BCUT2D eigenvalue weighted by molar-refractivity contribution is 6.30. The Morgan fingerprint density at radius 3 is 2.27 bits per heavy atom. The third-order valence-electron chi connectivity index (χ3n) is 5.52. The van der Waals surface area contributed by atoms with Crippen LogP contribution in [0.25, 0.3) is 0 Å². The van der Waals surface area contributed by atoms with E-state index in [1.54, 1.807) is 0 Å². The molecular formula is C24H34Cl2N2O2. The van der Waals surface area contributed by atoms with Crippen LogP contribution in [0.4, 0.5) is 5.69 Å². The van der Waals surface area contributed by atoms with Crippen LogP contribution in [0.2, 0.25) is 5.02 Å². The molecule has 0 amide bonds. The maximum absolute atomic E-state index is 10.4. The number of aryl methyl sites for hydroxylation is 1. The number of rotatable bonds is 6. The molecule has 30 heavy (non-hydrogen) atoms. The number of piperazine rings is 1. The van der Waals surface area contributed by atoms with Gasteiger partial charge in [-0.1, -0.05) is 50.6 Å². The van der Waals surface area contributed by atoms with Gasteiger partial charge in [-0.3, -0.25) is 4.90 Å². The second-order valence-electron chi connectivity index (χ2n) is 8.96. The molecule has 1 aliphatic heterocycles. The molecule has 1 aliphatic rings. The minimum atomic E-state index is -0.503. The number of ether oxygens (including phenoxy) is 1. The molecule has 3 rings (SSSR count). The summed E-state index contributed by atoms with van der Waals surface area (Å²) in [4.78, 5) is 4.67. The van der Waals surface area contributed by atoms with E-state index in [2.05, 4.69) is 55.7 Å². The zero-order chi connectivity index (χ0) is 21.0. The first kappa shape index (κ1) is 24.8. The van der Waals surface area contributed by atoms with Crippen LogP contribution in [0, 0.1) is 6.92 Å². The number of hydrogen-bond donors (Lipinski definition) is 1. The van der Waals surface area contributed by atoms with Crippen molar-refractivity contribution in [3.05, 3.63) is 58.6 Å². The van der Waals surface area contributed by atoms with Crippen LogP contribution in [0.1, 0.15) is 31.9 Å². The average molecular weight is 453 g/mol. The SMILES string of the molecule is Cc1ccc(Cl)cc1N1CCN(CC(O)COc2ccc(C(C)(C)C)cc2)CC1.Cl. The van der Waals surface area contributed by atoms with Crippen LogP contribution in [0.15, 0.2) is 42.5 Å². The lowest BCUT2D eigenvalue weighted by Crippen LogP contribution is -2.49. The quantitative estimate of drug-likeness (QED) is 0.673. The Hall–Kier alpha value is -1.46. The molecule has 2 aromatic rings. The molecule has 4 nitrogen and oxygen atoms in total. The van der Waals surface area contributed by atoms with E-state index in [1.807, 2.05) is 24.3 Å². The number of nitrogens with zero attached hydrogens (tertiary/aromatic N) is 2. The fraction of sp³-hybridized carbons (Fsp3) is 0.500. The molecule has 2 aromatic carbocycles. The number of aliphatic hydroxyl groups excluding tert-OH is 1. The number of anilines is 1. The lowest BCUT2D eigenvalue weighted by molar-refractivity contribution is 0.0663. The van der Waals surface area contributed by atoms with Gasteiger partial charge in [0.1, 0.15) is 18.5 Å². The monoisotopic (exact) mass is 452 g/mol. The van der Waals surface area contributed by atoms with Crippen LogP contribution >= 0.6 is 24.0 Å². The first-order chi connectivity index (χ1) is 13.7. The van der Waals surface area contributed by atoms with Crippen LogP contribution in [-0.2, 0) is 5.41 Å². The zero-order valence-electron chi connectivity index (χ0n) is 18.4. The average Bonchev–Trinajstić information content (AvgIpc) is 2.68. The second-order valence-corrected chi connectivity index (χ2v) is 9.39. The zero-order valence-corrected chi connectivity index (χ0v) is 20.0. The van der Waals surface area contributed by atoms with E-state index in [0.717, 1.165) is 37.0 Å². The molecule has 1 saturated heterocycles. The highest BCUT2D eigenvalue weighted by atomic mass is 35.5. The smallest absolute Gasteiger partial charge is 0.119 e. The van der Waals surface area contributed by atoms with E-state index in [0.29, 0.717) is 13.2 Å². The molecule has 1 heterocycles. The third-order valence-corrected chi connectivity index (χ3v) is 5.75. The molecule has 1 unspecified atom stereocenters. The second kappa shape index (κ2) is 10.7. The fourth-order valence-corrected chi connectivity index (χ4v) is 3.86. The summed E-state index contributed by atoms with van der Waals surface area (Å²) in [5, 5.41) is 11.2. The Kier molecular flexibility index (Phi) is 8.86. The van der Waals surface area contributed by atoms with E-state index in [1.165, 1.54) is 16.8 Å². The lowest BCUT2D eigenvalue weighted by atomic mass is 9.87. The van der Waals surface area contributed by atoms with Gasteiger partial charge in [-0.15, -0.1) is 12.4 Å². The van der Waals surface area contributed by atoms with Crippen molar-refractivity contribution in [3.63, 3.8) is 0 Å². The summed E-state index contributed by atoms with van der Waals surface area (Å²) in [6.45, 7) is 13.3. The Labute approximate surface area is 192 Å². The highest BCUT2D eigenvalue weighted by Crippen LogP contribution is 2.26. The molecular weight excluding hydrogens is 419 g/mol. The Balaban J connectivity index is 0.00000320. The number of hydrogen-bond acceptors (Lipinski definition) is 4. The molecule has 1 atom stereocenters. The Morgan fingerprint density at radius 1 is 1.03 bits per heavy atom. The standard InChI is InChI=1S/C24H33ClN2O2.ClH/c1-18-5-8-20(25)15-23(18)27-13-11-26(12-14-27)16-21(28)17-29-22-9-6-19(7-10-22)24(2,3)4;/h5-10,15,21,28H,11-14,16-17H2,1-4H3;1H. The number of benzene rings is 2. The largest absolute Gasteiger partial charge is 0.491 e. The molecule has 0 aliphatic carbocycles. The Morgan fingerprint density at radius 2 is 1.67 bits per heavy atom. The van der Waals surface area contributed by atoms with Gasteiger partial charge in [0.05, 0.1) is 0 Å². The molecule has 0 aromatic heterocycles. The van der Waals surface area contributed by atoms with E-state index in [-0.39, 0.29) is 17.8 Å². The van der Waals surface area contributed by atoms with Crippen molar-refractivity contribution in [2.75, 3.05) is 44.2 Å². The summed E-state index contributed by atoms with van der Waals surface area (Å²) < 4.78 is 5.79. The molecule has 1 N–H and O–H groups in total. The molecule has 6 heteroatoms. The highest BCUT2D eigenvalue weighted by Gasteiger charge is 2.21. The summed E-state index contributed by atoms with van der Waals surface area (Å²) in [6.07, 6.45) is -0.503. The van der Waals surface area contributed by atoms with Gasteiger partial charge >= 0.3 is 0 Å². The molecule has 166 valence electrons. The van der Waals surface area contributed by atoms with Crippen LogP contribution in [0.5, 0.6) is 5.75 Å². The normalized spacial score (nSPS) is 16.1. The summed E-state index contributed by atoms with van der Waals surface area (Å²) in [5.74, 6) is 0.804. The minimum absolute atomic E-state index is 0. The lowest BCUT2D eigenvalue weighted by Gasteiger charge is -2.37. The predicted molar refractivity (Wildman–Crippen MR) is 129 cm³/mol. The van der Waals surface area contributed by atoms with Crippen LogP contribution < -0.4 is 9.64 Å². The summed E-state index contributed by atoms with van der Waals surface area (Å²) >= 11 is 6.17. The number of halogens is 2. The van der Waals surface area contributed by atoms with Crippen LogP contribution in [-0.4, -0.2) is 55.4 Å². The Bertz CT molecular complexity index is 798. The fourth-order valence-electron chi connectivity index (χ4n) is 3.69. The maximum Gasteiger partial charge on any atom is 0.119 e. The van der Waals surface area contributed by atoms with Gasteiger partial charge in [0.25, 0.3) is 0 Å². The summed E-state index contributed by atoms with van der Waals surface area (Å²) in [5.41, 5.74) is 3.86. The molecule has 0 saturated carbocycles. The van der Waals surface area contributed by atoms with E-state index < -0.39 is 6.10 Å². The topological polar surface area (TPSA) is 35.9 Å². The van der Waals surface area contributed by atoms with Crippen molar-refractivity contribution in [2.45, 2.75) is 39.2 Å².